The Balaban J connectivity index is 1.95. The lowest BCUT2D eigenvalue weighted by Gasteiger charge is -2.34. The van der Waals surface area contributed by atoms with Gasteiger partial charge in [-0.3, -0.25) is 4.79 Å². The van der Waals surface area contributed by atoms with Gasteiger partial charge in [-0.05, 0) is 48.8 Å². The smallest absolute Gasteiger partial charge is 0.337 e. The maximum absolute atomic E-state index is 12.3. The fourth-order valence-electron chi connectivity index (χ4n) is 4.29. The predicted molar refractivity (Wildman–Crippen MR) is 93.2 cm³/mol. The van der Waals surface area contributed by atoms with Gasteiger partial charge in [-0.2, -0.15) is 0 Å². The van der Waals surface area contributed by atoms with Crippen LogP contribution in [0.5, 0.6) is 0 Å². The zero-order valence-electron chi connectivity index (χ0n) is 14.0. The molecular weight excluding hydrogens is 326 g/mol. The van der Waals surface area contributed by atoms with Crippen LogP contribution in [0.15, 0.2) is 18.2 Å². The number of hydrogen-bond donors (Lipinski definition) is 1. The van der Waals surface area contributed by atoms with E-state index >= 15 is 0 Å². The van der Waals surface area contributed by atoms with Gasteiger partial charge >= 0.3 is 5.97 Å². The van der Waals surface area contributed by atoms with Crippen LogP contribution in [0.25, 0.3) is 0 Å². The highest BCUT2D eigenvalue weighted by molar-refractivity contribution is 6.31. The Hall–Kier alpha value is -1.55. The van der Waals surface area contributed by atoms with Crippen molar-refractivity contribution in [3.05, 3.63) is 34.3 Å². The monoisotopic (exact) mass is 349 g/mol. The number of ether oxygens (including phenoxy) is 1. The number of nitrogens with one attached hydrogen (secondary N) is 1. The first-order valence-corrected chi connectivity index (χ1v) is 9.15. The van der Waals surface area contributed by atoms with Crippen LogP contribution in [0.2, 0.25) is 5.02 Å². The summed E-state index contributed by atoms with van der Waals surface area (Å²) in [6, 6.07) is 5.35. The van der Waals surface area contributed by atoms with Gasteiger partial charge in [-0.25, -0.2) is 4.79 Å². The highest BCUT2D eigenvalue weighted by Crippen LogP contribution is 2.45. The molecule has 1 aromatic carbocycles. The summed E-state index contributed by atoms with van der Waals surface area (Å²) in [5, 5.41) is 3.52. The van der Waals surface area contributed by atoms with Gasteiger partial charge in [0.25, 0.3) is 0 Å². The first-order valence-electron chi connectivity index (χ1n) is 8.77. The molecule has 2 aliphatic rings. The molecule has 5 heteroatoms. The molecule has 2 unspecified atom stereocenters. The summed E-state index contributed by atoms with van der Waals surface area (Å²) in [6.45, 7) is 0.741. The fraction of sp³-hybridized carbons (Fsp3) is 0.579. The van der Waals surface area contributed by atoms with E-state index in [1.165, 1.54) is 26.4 Å². The second-order valence-corrected chi connectivity index (χ2v) is 7.25. The van der Waals surface area contributed by atoms with E-state index in [2.05, 4.69) is 5.32 Å². The van der Waals surface area contributed by atoms with Crippen LogP contribution in [0.3, 0.4) is 0 Å². The van der Waals surface area contributed by atoms with Gasteiger partial charge in [0, 0.05) is 17.5 Å². The summed E-state index contributed by atoms with van der Waals surface area (Å²) in [5.41, 5.74) is 1.45. The molecule has 1 N–H and O–H groups in total. The third-order valence-corrected chi connectivity index (χ3v) is 5.79. The molecule has 4 nitrogen and oxygen atoms in total. The Labute approximate surface area is 147 Å². The van der Waals surface area contributed by atoms with Crippen LogP contribution in [0.4, 0.5) is 0 Å². The van der Waals surface area contributed by atoms with Crippen molar-refractivity contribution in [1.82, 2.24) is 5.32 Å². The second kappa shape index (κ2) is 7.56. The number of benzene rings is 1. The third-order valence-electron chi connectivity index (χ3n) is 5.46. The minimum absolute atomic E-state index is 0.0189. The van der Waals surface area contributed by atoms with E-state index in [0.29, 0.717) is 16.5 Å². The lowest BCUT2D eigenvalue weighted by atomic mass is 9.70. The summed E-state index contributed by atoms with van der Waals surface area (Å²) in [4.78, 5) is 24.0. The number of amides is 1. The molecule has 1 amide bonds. The molecule has 1 saturated carbocycles. The molecule has 2 atom stereocenters. The average molecular weight is 350 g/mol. The van der Waals surface area contributed by atoms with Gasteiger partial charge in [0.05, 0.1) is 12.7 Å². The largest absolute Gasteiger partial charge is 0.465 e. The van der Waals surface area contributed by atoms with Crippen molar-refractivity contribution in [2.24, 2.45) is 11.8 Å². The van der Waals surface area contributed by atoms with Crippen molar-refractivity contribution in [2.75, 3.05) is 13.7 Å². The molecule has 130 valence electrons. The number of rotatable bonds is 4. The lowest BCUT2D eigenvalue weighted by Crippen LogP contribution is -2.29. The van der Waals surface area contributed by atoms with E-state index in [1.807, 2.05) is 6.07 Å². The predicted octanol–water partition coefficient (Wildman–Crippen LogP) is 3.93. The standard InChI is InChI=1S/C19H24ClNO3/c1-24-19(23)13-7-8-14(16(20)11-13)17(12-5-3-2-4-6-12)15-9-10-21-18(15)22/h7-8,11-12,15,17H,2-6,9-10H2,1H3,(H,21,22). The highest BCUT2D eigenvalue weighted by atomic mass is 35.5. The van der Waals surface area contributed by atoms with Crippen LogP contribution >= 0.6 is 11.6 Å². The normalized spacial score (nSPS) is 22.9. The van der Waals surface area contributed by atoms with E-state index in [0.717, 1.165) is 31.4 Å². The second-order valence-electron chi connectivity index (χ2n) is 6.84. The number of carbonyl (C=O) groups is 2. The number of methoxy groups -OCH3 is 1. The van der Waals surface area contributed by atoms with Crippen LogP contribution in [-0.4, -0.2) is 25.5 Å². The molecule has 1 heterocycles. The summed E-state index contributed by atoms with van der Waals surface area (Å²) in [5.74, 6) is 0.339. The van der Waals surface area contributed by atoms with E-state index in [-0.39, 0.29) is 17.7 Å². The van der Waals surface area contributed by atoms with Crippen molar-refractivity contribution in [3.63, 3.8) is 0 Å². The van der Waals surface area contributed by atoms with E-state index in [1.54, 1.807) is 12.1 Å². The summed E-state index contributed by atoms with van der Waals surface area (Å²) >= 11 is 6.53. The molecule has 1 aliphatic heterocycles. The number of esters is 1. The molecule has 0 bridgehead atoms. The molecule has 24 heavy (non-hydrogen) atoms. The minimum Gasteiger partial charge on any atom is -0.465 e. The van der Waals surface area contributed by atoms with Gasteiger partial charge < -0.3 is 10.1 Å². The van der Waals surface area contributed by atoms with Crippen LogP contribution < -0.4 is 5.32 Å². The van der Waals surface area contributed by atoms with Crippen LogP contribution in [-0.2, 0) is 9.53 Å². The Morgan fingerprint density at radius 3 is 2.58 bits per heavy atom. The van der Waals surface area contributed by atoms with E-state index in [9.17, 15) is 9.59 Å². The average Bonchev–Trinajstić information content (AvgIpc) is 3.02. The fourth-order valence-corrected chi connectivity index (χ4v) is 4.60. The zero-order valence-corrected chi connectivity index (χ0v) is 14.8. The van der Waals surface area contributed by atoms with Crippen LogP contribution in [0.1, 0.15) is 60.4 Å². The van der Waals surface area contributed by atoms with Crippen molar-refractivity contribution < 1.29 is 14.3 Å². The molecular formula is C19H24ClNO3. The zero-order chi connectivity index (χ0) is 17.1. The third kappa shape index (κ3) is 3.44. The Morgan fingerprint density at radius 1 is 1.25 bits per heavy atom. The summed E-state index contributed by atoms with van der Waals surface area (Å²) in [7, 11) is 1.36. The van der Waals surface area contributed by atoms with Gasteiger partial charge in [0.15, 0.2) is 0 Å². The van der Waals surface area contributed by atoms with Crippen molar-refractivity contribution in [3.8, 4) is 0 Å². The van der Waals surface area contributed by atoms with Gasteiger partial charge in [0.1, 0.15) is 0 Å². The molecule has 0 aromatic heterocycles. The Bertz CT molecular complexity index is 625. The molecule has 1 aliphatic carbocycles. The summed E-state index contributed by atoms with van der Waals surface area (Å²) < 4.78 is 4.76. The highest BCUT2D eigenvalue weighted by Gasteiger charge is 2.39. The summed E-state index contributed by atoms with van der Waals surface area (Å²) in [6.07, 6.45) is 6.85. The van der Waals surface area contributed by atoms with Crippen molar-refractivity contribution in [2.45, 2.75) is 44.4 Å². The molecule has 3 rings (SSSR count). The molecule has 0 radical (unpaired) electrons. The molecule has 1 aromatic rings. The molecule has 2 fully saturated rings. The van der Waals surface area contributed by atoms with Gasteiger partial charge in [-0.1, -0.05) is 36.9 Å². The van der Waals surface area contributed by atoms with E-state index < -0.39 is 5.97 Å². The van der Waals surface area contributed by atoms with Crippen molar-refractivity contribution in [1.29, 1.82) is 0 Å². The van der Waals surface area contributed by atoms with Gasteiger partial charge in [0.2, 0.25) is 5.91 Å². The number of halogens is 1. The van der Waals surface area contributed by atoms with Gasteiger partial charge in [-0.15, -0.1) is 0 Å². The topological polar surface area (TPSA) is 55.4 Å². The maximum Gasteiger partial charge on any atom is 0.337 e. The minimum atomic E-state index is -0.392. The molecule has 1 saturated heterocycles. The maximum atomic E-state index is 12.3. The quantitative estimate of drug-likeness (QED) is 0.838. The first-order chi connectivity index (χ1) is 11.6. The Kier molecular flexibility index (Phi) is 5.44. The van der Waals surface area contributed by atoms with Crippen molar-refractivity contribution >= 4 is 23.5 Å². The number of hydrogen-bond acceptors (Lipinski definition) is 3. The van der Waals surface area contributed by atoms with Crippen LogP contribution in [0, 0.1) is 11.8 Å². The lowest BCUT2D eigenvalue weighted by molar-refractivity contribution is -0.123. The molecule has 0 spiro atoms. The van der Waals surface area contributed by atoms with E-state index in [4.69, 9.17) is 16.3 Å². The Morgan fingerprint density at radius 2 is 2.00 bits per heavy atom. The SMILES string of the molecule is COC(=O)c1ccc(C(C2CCCCC2)C2CCNC2=O)c(Cl)c1. The number of carbonyl (C=O) groups excluding carboxylic acids is 2. The first kappa shape index (κ1) is 17.3.